The third-order valence-electron chi connectivity index (χ3n) is 5.06. The smallest absolute Gasteiger partial charge is 0.191 e. The highest BCUT2D eigenvalue weighted by atomic mass is 19.2. The van der Waals surface area contributed by atoms with E-state index in [1.54, 1.807) is 20.2 Å². The van der Waals surface area contributed by atoms with Crippen LogP contribution in [0.15, 0.2) is 23.2 Å². The Morgan fingerprint density at radius 2 is 2.04 bits per heavy atom. The molecule has 0 radical (unpaired) electrons. The predicted molar refractivity (Wildman–Crippen MR) is 105 cm³/mol. The predicted octanol–water partition coefficient (Wildman–Crippen LogP) is 2.73. The Balaban J connectivity index is 1.73. The number of nitrogens with zero attached hydrogens (tertiary/aromatic N) is 2. The molecule has 1 fully saturated rings. The zero-order valence-electron chi connectivity index (χ0n) is 16.6. The summed E-state index contributed by atoms with van der Waals surface area (Å²) in [5.74, 6) is -0.826. The van der Waals surface area contributed by atoms with Crippen molar-refractivity contribution < 1.29 is 13.5 Å². The molecule has 1 saturated heterocycles. The number of nitrogens with one attached hydrogen (secondary N) is 2. The lowest BCUT2D eigenvalue weighted by Crippen LogP contribution is -2.49. The minimum atomic E-state index is -0.815. The maximum absolute atomic E-state index is 13.4. The van der Waals surface area contributed by atoms with Gasteiger partial charge in [-0.2, -0.15) is 0 Å². The number of aliphatic imine (C=N–C) groups is 1. The summed E-state index contributed by atoms with van der Waals surface area (Å²) in [7, 11) is 3.49. The van der Waals surface area contributed by atoms with Crippen LogP contribution < -0.4 is 10.6 Å². The summed E-state index contributed by atoms with van der Waals surface area (Å²) in [6, 6.07) is 4.46. The van der Waals surface area contributed by atoms with E-state index in [1.807, 2.05) is 6.92 Å². The Hall–Kier alpha value is -1.73. The second-order valence-electron chi connectivity index (χ2n) is 7.13. The lowest BCUT2D eigenvalue weighted by atomic mass is 10.0. The van der Waals surface area contributed by atoms with Crippen LogP contribution in [0.1, 0.15) is 37.7 Å². The number of rotatable bonds is 8. The van der Waals surface area contributed by atoms with Crippen LogP contribution in [0.25, 0.3) is 0 Å². The van der Waals surface area contributed by atoms with Gasteiger partial charge >= 0.3 is 0 Å². The van der Waals surface area contributed by atoms with Gasteiger partial charge in [-0.15, -0.1) is 0 Å². The van der Waals surface area contributed by atoms with Crippen LogP contribution in [-0.2, 0) is 4.74 Å². The molecule has 0 spiro atoms. The molecule has 7 heteroatoms. The van der Waals surface area contributed by atoms with Gasteiger partial charge in [0.15, 0.2) is 17.6 Å². The normalized spacial score (nSPS) is 17.7. The van der Waals surface area contributed by atoms with E-state index in [9.17, 15) is 8.78 Å². The van der Waals surface area contributed by atoms with E-state index >= 15 is 0 Å². The molecule has 1 aliphatic heterocycles. The Morgan fingerprint density at radius 1 is 1.30 bits per heavy atom. The van der Waals surface area contributed by atoms with E-state index in [4.69, 9.17) is 4.74 Å². The molecular weight excluding hydrogens is 350 g/mol. The maximum Gasteiger partial charge on any atom is 0.191 e. The van der Waals surface area contributed by atoms with Gasteiger partial charge in [0.25, 0.3) is 0 Å². The van der Waals surface area contributed by atoms with Crippen LogP contribution in [-0.4, -0.2) is 63.8 Å². The number of benzene rings is 1. The first-order valence-corrected chi connectivity index (χ1v) is 9.67. The van der Waals surface area contributed by atoms with E-state index in [0.29, 0.717) is 12.6 Å². The second kappa shape index (κ2) is 11.2. The molecule has 27 heavy (non-hydrogen) atoms. The summed E-state index contributed by atoms with van der Waals surface area (Å²) in [5, 5.41) is 6.77. The Bertz CT molecular complexity index is 604. The van der Waals surface area contributed by atoms with Gasteiger partial charge in [0, 0.05) is 53.0 Å². The topological polar surface area (TPSA) is 48.9 Å². The van der Waals surface area contributed by atoms with Gasteiger partial charge in [-0.25, -0.2) is 8.78 Å². The van der Waals surface area contributed by atoms with Gasteiger partial charge in [-0.05, 0) is 42.9 Å². The van der Waals surface area contributed by atoms with Crippen LogP contribution in [0.4, 0.5) is 8.78 Å². The van der Waals surface area contributed by atoms with Crippen LogP contribution in [0, 0.1) is 11.6 Å². The van der Waals surface area contributed by atoms with Gasteiger partial charge in [-0.1, -0.05) is 13.0 Å². The molecule has 0 saturated carbocycles. The van der Waals surface area contributed by atoms with Crippen molar-refractivity contribution in [2.24, 2.45) is 4.99 Å². The first-order valence-electron chi connectivity index (χ1n) is 9.67. The number of piperidine rings is 1. The van der Waals surface area contributed by atoms with E-state index < -0.39 is 11.6 Å². The molecular formula is C20H32F2N4O. The fourth-order valence-electron chi connectivity index (χ4n) is 3.31. The first-order chi connectivity index (χ1) is 13.0. The largest absolute Gasteiger partial charge is 0.385 e. The highest BCUT2D eigenvalue weighted by molar-refractivity contribution is 5.80. The molecule has 2 N–H and O–H groups in total. The Labute approximate surface area is 161 Å². The van der Waals surface area contributed by atoms with Crippen molar-refractivity contribution in [3.8, 4) is 0 Å². The fourth-order valence-corrected chi connectivity index (χ4v) is 3.31. The second-order valence-corrected chi connectivity index (χ2v) is 7.13. The lowest BCUT2D eigenvalue weighted by molar-refractivity contribution is 0.155. The van der Waals surface area contributed by atoms with Crippen molar-refractivity contribution in [1.82, 2.24) is 15.5 Å². The lowest BCUT2D eigenvalue weighted by Gasteiger charge is -2.33. The van der Waals surface area contributed by atoms with Gasteiger partial charge in [0.1, 0.15) is 0 Å². The van der Waals surface area contributed by atoms with E-state index in [0.717, 1.165) is 57.0 Å². The van der Waals surface area contributed by atoms with Gasteiger partial charge in [-0.3, -0.25) is 4.99 Å². The van der Waals surface area contributed by atoms with E-state index in [-0.39, 0.29) is 5.92 Å². The molecule has 5 nitrogen and oxygen atoms in total. The third-order valence-corrected chi connectivity index (χ3v) is 5.06. The molecule has 1 unspecified atom stereocenters. The molecule has 0 aromatic heterocycles. The highest BCUT2D eigenvalue weighted by Gasteiger charge is 2.20. The van der Waals surface area contributed by atoms with Crippen molar-refractivity contribution in [2.45, 2.75) is 38.1 Å². The zero-order valence-corrected chi connectivity index (χ0v) is 16.6. The molecule has 0 amide bonds. The molecule has 0 bridgehead atoms. The van der Waals surface area contributed by atoms with E-state index in [1.165, 1.54) is 12.1 Å². The number of likely N-dealkylation sites (tertiary alicyclic amines) is 1. The molecule has 0 aliphatic carbocycles. The SMILES string of the molecule is CN=C(NCC(C)c1ccc(F)c(F)c1)NC1CCN(CCCOC)CC1. The Kier molecular flexibility index (Phi) is 8.94. The summed E-state index contributed by atoms with van der Waals surface area (Å²) in [4.78, 5) is 6.76. The van der Waals surface area contributed by atoms with Crippen molar-refractivity contribution in [3.63, 3.8) is 0 Å². The van der Waals surface area contributed by atoms with Crippen molar-refractivity contribution >= 4 is 5.96 Å². The monoisotopic (exact) mass is 382 g/mol. The van der Waals surface area contributed by atoms with Crippen LogP contribution in [0.5, 0.6) is 0 Å². The number of halogens is 2. The first kappa shape index (κ1) is 21.6. The maximum atomic E-state index is 13.4. The van der Waals surface area contributed by atoms with Crippen molar-refractivity contribution in [3.05, 3.63) is 35.4 Å². The van der Waals surface area contributed by atoms with Crippen LogP contribution >= 0.6 is 0 Å². The average Bonchev–Trinajstić information content (AvgIpc) is 2.68. The average molecular weight is 382 g/mol. The Morgan fingerprint density at radius 3 is 2.67 bits per heavy atom. The minimum absolute atomic E-state index is 0.0429. The molecule has 1 aliphatic rings. The number of guanidine groups is 1. The quantitative estimate of drug-likeness (QED) is 0.412. The number of hydrogen-bond donors (Lipinski definition) is 2. The molecule has 1 atom stereocenters. The molecule has 2 rings (SSSR count). The minimum Gasteiger partial charge on any atom is -0.385 e. The fraction of sp³-hybridized carbons (Fsp3) is 0.650. The van der Waals surface area contributed by atoms with Gasteiger partial charge < -0.3 is 20.3 Å². The van der Waals surface area contributed by atoms with Gasteiger partial charge in [0.2, 0.25) is 0 Å². The summed E-state index contributed by atoms with van der Waals surface area (Å²) >= 11 is 0. The van der Waals surface area contributed by atoms with Crippen LogP contribution in [0.2, 0.25) is 0 Å². The zero-order chi connectivity index (χ0) is 19.6. The van der Waals surface area contributed by atoms with Gasteiger partial charge in [0.05, 0.1) is 0 Å². The molecule has 1 aromatic carbocycles. The summed E-state index contributed by atoms with van der Waals surface area (Å²) in [6.45, 7) is 6.61. The van der Waals surface area contributed by atoms with Crippen molar-refractivity contribution in [2.75, 3.05) is 46.9 Å². The van der Waals surface area contributed by atoms with Crippen LogP contribution in [0.3, 0.4) is 0 Å². The molecule has 1 aromatic rings. The number of hydrogen-bond acceptors (Lipinski definition) is 3. The number of ether oxygens (including phenoxy) is 1. The molecule has 1 heterocycles. The van der Waals surface area contributed by atoms with E-state index in [2.05, 4.69) is 20.5 Å². The summed E-state index contributed by atoms with van der Waals surface area (Å²) in [6.07, 6.45) is 3.22. The molecule has 152 valence electrons. The number of methoxy groups -OCH3 is 1. The standard InChI is InChI=1S/C20H32F2N4O/c1-15(16-5-6-18(21)19(22)13-16)14-24-20(23-2)25-17-7-10-26(11-8-17)9-4-12-27-3/h5-6,13,15,17H,4,7-12,14H2,1-3H3,(H2,23,24,25). The highest BCUT2D eigenvalue weighted by Crippen LogP contribution is 2.17. The third kappa shape index (κ3) is 7.07. The van der Waals surface area contributed by atoms with Crippen molar-refractivity contribution in [1.29, 1.82) is 0 Å². The summed E-state index contributed by atoms with van der Waals surface area (Å²) < 4.78 is 31.6. The summed E-state index contributed by atoms with van der Waals surface area (Å²) in [5.41, 5.74) is 0.765.